The van der Waals surface area contributed by atoms with Crippen LogP contribution in [0.1, 0.15) is 17.2 Å². The Bertz CT molecular complexity index is 604. The van der Waals surface area contributed by atoms with Crippen molar-refractivity contribution in [2.24, 2.45) is 0 Å². The Morgan fingerprint density at radius 1 is 1.11 bits per heavy atom. The van der Waals surface area contributed by atoms with Gasteiger partial charge in [-0.05, 0) is 35.4 Å². The molecule has 5 heteroatoms. The highest BCUT2D eigenvalue weighted by molar-refractivity contribution is 9.10. The Kier molecular flexibility index (Phi) is 4.85. The quantitative estimate of drug-likeness (QED) is 0.797. The molecule has 0 fully saturated rings. The standard InChI is InChI=1S/C14H10BrCl2FO/c15-9-2-3-10(12(17)7-9)14(19)6-8-1-4-11(16)13(18)5-8/h1-5,7,14,19H,6H2. The average molecular weight is 364 g/mol. The highest BCUT2D eigenvalue weighted by atomic mass is 79.9. The van der Waals surface area contributed by atoms with E-state index in [2.05, 4.69) is 15.9 Å². The Labute approximate surface area is 129 Å². The number of halogens is 4. The Hall–Kier alpha value is -0.610. The second-order valence-corrected chi connectivity index (χ2v) is 5.86. The molecule has 2 aromatic carbocycles. The molecule has 0 saturated carbocycles. The van der Waals surface area contributed by atoms with Crippen LogP contribution in [0.4, 0.5) is 4.39 Å². The third kappa shape index (κ3) is 3.69. The van der Waals surface area contributed by atoms with Gasteiger partial charge in [-0.15, -0.1) is 0 Å². The Balaban J connectivity index is 2.20. The lowest BCUT2D eigenvalue weighted by atomic mass is 10.0. The smallest absolute Gasteiger partial charge is 0.142 e. The lowest BCUT2D eigenvalue weighted by Gasteiger charge is -2.13. The van der Waals surface area contributed by atoms with E-state index in [1.165, 1.54) is 12.1 Å². The van der Waals surface area contributed by atoms with Crippen molar-refractivity contribution in [1.82, 2.24) is 0 Å². The van der Waals surface area contributed by atoms with Crippen molar-refractivity contribution >= 4 is 39.1 Å². The van der Waals surface area contributed by atoms with Crippen LogP contribution in [-0.4, -0.2) is 5.11 Å². The number of hydrogen-bond acceptors (Lipinski definition) is 1. The monoisotopic (exact) mass is 362 g/mol. The maximum atomic E-state index is 13.3. The summed E-state index contributed by atoms with van der Waals surface area (Å²) >= 11 is 15.0. The molecule has 0 aliphatic heterocycles. The summed E-state index contributed by atoms with van der Waals surface area (Å²) in [7, 11) is 0. The Morgan fingerprint density at radius 2 is 1.84 bits per heavy atom. The Morgan fingerprint density at radius 3 is 2.47 bits per heavy atom. The summed E-state index contributed by atoms with van der Waals surface area (Å²) in [5.41, 5.74) is 1.27. The first-order chi connectivity index (χ1) is 8.97. The molecule has 0 saturated heterocycles. The van der Waals surface area contributed by atoms with E-state index in [1.54, 1.807) is 24.3 Å². The van der Waals surface area contributed by atoms with E-state index in [9.17, 15) is 9.50 Å². The van der Waals surface area contributed by atoms with Crippen molar-refractivity contribution in [3.05, 3.63) is 67.9 Å². The third-order valence-electron chi connectivity index (χ3n) is 2.73. The highest BCUT2D eigenvalue weighted by Gasteiger charge is 2.13. The van der Waals surface area contributed by atoms with E-state index < -0.39 is 11.9 Å². The summed E-state index contributed by atoms with van der Waals surface area (Å²) in [6.45, 7) is 0. The summed E-state index contributed by atoms with van der Waals surface area (Å²) in [6, 6.07) is 9.72. The minimum atomic E-state index is -0.791. The largest absolute Gasteiger partial charge is 0.388 e. The van der Waals surface area contributed by atoms with Crippen molar-refractivity contribution in [3.63, 3.8) is 0 Å². The molecule has 0 bridgehead atoms. The van der Waals surface area contributed by atoms with Crippen LogP contribution in [0.5, 0.6) is 0 Å². The number of benzene rings is 2. The normalized spacial score (nSPS) is 12.5. The van der Waals surface area contributed by atoms with Crippen LogP contribution in [0.25, 0.3) is 0 Å². The molecule has 2 rings (SSSR count). The lowest BCUT2D eigenvalue weighted by molar-refractivity contribution is 0.178. The van der Waals surface area contributed by atoms with Gasteiger partial charge in [0, 0.05) is 15.9 Å². The van der Waals surface area contributed by atoms with Crippen LogP contribution in [-0.2, 0) is 6.42 Å². The van der Waals surface area contributed by atoms with E-state index in [0.29, 0.717) is 16.1 Å². The van der Waals surface area contributed by atoms with Gasteiger partial charge in [-0.3, -0.25) is 0 Å². The first-order valence-corrected chi connectivity index (χ1v) is 7.09. The first-order valence-electron chi connectivity index (χ1n) is 5.54. The van der Waals surface area contributed by atoms with Gasteiger partial charge in [-0.25, -0.2) is 4.39 Å². The fourth-order valence-electron chi connectivity index (χ4n) is 1.77. The maximum absolute atomic E-state index is 13.3. The van der Waals surface area contributed by atoms with Gasteiger partial charge in [-0.2, -0.15) is 0 Å². The predicted octanol–water partition coefficient (Wildman–Crippen LogP) is 5.17. The molecular formula is C14H10BrCl2FO. The number of aliphatic hydroxyl groups is 1. The van der Waals surface area contributed by atoms with Gasteiger partial charge in [0.2, 0.25) is 0 Å². The molecule has 1 N–H and O–H groups in total. The molecule has 0 radical (unpaired) electrons. The zero-order valence-electron chi connectivity index (χ0n) is 9.71. The van der Waals surface area contributed by atoms with Gasteiger partial charge >= 0.3 is 0 Å². The van der Waals surface area contributed by atoms with Gasteiger partial charge in [0.25, 0.3) is 0 Å². The molecule has 1 unspecified atom stereocenters. The zero-order valence-corrected chi connectivity index (χ0v) is 12.8. The molecular weight excluding hydrogens is 354 g/mol. The molecule has 2 aromatic rings. The average Bonchev–Trinajstić information content (AvgIpc) is 2.33. The van der Waals surface area contributed by atoms with Crippen molar-refractivity contribution in [1.29, 1.82) is 0 Å². The molecule has 100 valence electrons. The minimum Gasteiger partial charge on any atom is -0.388 e. The lowest BCUT2D eigenvalue weighted by Crippen LogP contribution is -2.03. The molecule has 0 aliphatic rings. The van der Waals surface area contributed by atoms with Crippen molar-refractivity contribution < 1.29 is 9.50 Å². The van der Waals surface area contributed by atoms with Crippen LogP contribution in [0.2, 0.25) is 10.0 Å². The first kappa shape index (κ1) is 14.8. The maximum Gasteiger partial charge on any atom is 0.142 e. The van der Waals surface area contributed by atoms with Gasteiger partial charge in [0.1, 0.15) is 5.82 Å². The summed E-state index contributed by atoms with van der Waals surface area (Å²) in [4.78, 5) is 0. The van der Waals surface area contributed by atoms with Crippen LogP contribution in [0.15, 0.2) is 40.9 Å². The molecule has 0 heterocycles. The number of aliphatic hydroxyl groups excluding tert-OH is 1. The van der Waals surface area contributed by atoms with Crippen molar-refractivity contribution in [3.8, 4) is 0 Å². The van der Waals surface area contributed by atoms with Crippen LogP contribution in [0, 0.1) is 5.82 Å². The molecule has 1 atom stereocenters. The van der Waals surface area contributed by atoms with E-state index in [1.807, 2.05) is 0 Å². The fourth-order valence-corrected chi connectivity index (χ4v) is 2.69. The second kappa shape index (κ2) is 6.23. The van der Waals surface area contributed by atoms with E-state index in [4.69, 9.17) is 23.2 Å². The van der Waals surface area contributed by atoms with Crippen LogP contribution in [0.3, 0.4) is 0 Å². The molecule has 0 aromatic heterocycles. The van der Waals surface area contributed by atoms with Gasteiger partial charge in [0.05, 0.1) is 11.1 Å². The van der Waals surface area contributed by atoms with Crippen molar-refractivity contribution in [2.75, 3.05) is 0 Å². The van der Waals surface area contributed by atoms with Gasteiger partial charge in [0.15, 0.2) is 0 Å². The summed E-state index contributed by atoms with van der Waals surface area (Å²) < 4.78 is 14.2. The molecule has 0 aliphatic carbocycles. The van der Waals surface area contributed by atoms with Crippen LogP contribution >= 0.6 is 39.1 Å². The number of rotatable bonds is 3. The van der Waals surface area contributed by atoms with E-state index >= 15 is 0 Å². The van der Waals surface area contributed by atoms with E-state index in [0.717, 1.165) is 4.47 Å². The zero-order chi connectivity index (χ0) is 14.0. The fraction of sp³-hybridized carbons (Fsp3) is 0.143. The molecule has 1 nitrogen and oxygen atoms in total. The second-order valence-electron chi connectivity index (χ2n) is 4.13. The van der Waals surface area contributed by atoms with Gasteiger partial charge in [-0.1, -0.05) is 51.3 Å². The number of hydrogen-bond donors (Lipinski definition) is 1. The SMILES string of the molecule is OC(Cc1ccc(Cl)c(F)c1)c1ccc(Br)cc1Cl. The van der Waals surface area contributed by atoms with Crippen LogP contribution < -0.4 is 0 Å². The minimum absolute atomic E-state index is 0.0694. The summed E-state index contributed by atoms with van der Waals surface area (Å²) in [6.07, 6.45) is -0.517. The molecule has 19 heavy (non-hydrogen) atoms. The molecule has 0 spiro atoms. The van der Waals surface area contributed by atoms with Crippen molar-refractivity contribution in [2.45, 2.75) is 12.5 Å². The topological polar surface area (TPSA) is 20.2 Å². The van der Waals surface area contributed by atoms with E-state index in [-0.39, 0.29) is 11.4 Å². The third-order valence-corrected chi connectivity index (χ3v) is 3.86. The predicted molar refractivity (Wildman–Crippen MR) is 79.2 cm³/mol. The summed E-state index contributed by atoms with van der Waals surface area (Å²) in [5, 5.41) is 10.7. The molecule has 0 amide bonds. The summed E-state index contributed by atoms with van der Waals surface area (Å²) in [5.74, 6) is -0.492. The van der Waals surface area contributed by atoms with Gasteiger partial charge < -0.3 is 5.11 Å². The highest BCUT2D eigenvalue weighted by Crippen LogP contribution is 2.29.